The molecule has 7 atom stereocenters. The standard InChI is InChI=1S/C41H56N2O3Si/c1-30-19-20-36-38(45-31(2)44)37(22-25-40(30,36)6)41(7)24-21-33(29-32(41)23-28-43-27-14-26-42-43)46-47(39(3,4)5,34-15-10-8-11-16-34)35-17-12-9-13-18-35/h8-18,26-27,32-33,36-38H,1,19-25,28-29H2,2-7H3/t32-,33-,36?,37?,38?,40?,41-/m0/s1. The van der Waals surface area contributed by atoms with Crippen LogP contribution in [0.4, 0.5) is 0 Å². The lowest BCUT2D eigenvalue weighted by atomic mass is 9.51. The van der Waals surface area contributed by atoms with Crippen molar-refractivity contribution < 1.29 is 14.0 Å². The lowest BCUT2D eigenvalue weighted by Gasteiger charge is -2.57. The highest BCUT2D eigenvalue weighted by atomic mass is 28.4. The van der Waals surface area contributed by atoms with Crippen LogP contribution in [0.1, 0.15) is 92.9 Å². The van der Waals surface area contributed by atoms with Crippen LogP contribution >= 0.6 is 0 Å². The molecular formula is C41H56N2O3Si. The van der Waals surface area contributed by atoms with Crippen LogP contribution in [-0.2, 0) is 20.5 Å². The SMILES string of the molecule is C=C1CCC2C(OC(C)=O)C([C@@]3(C)CC[C@H](O[Si](c4ccccc4)(c4ccccc4)C(C)(C)C)C[C@@H]3CCn3cccn3)CCC12C. The second-order valence-electron chi connectivity index (χ2n) is 16.3. The number of fused-ring (bicyclic) bond motifs is 1. The maximum absolute atomic E-state index is 12.7. The van der Waals surface area contributed by atoms with E-state index in [1.807, 2.05) is 12.3 Å². The van der Waals surface area contributed by atoms with Gasteiger partial charge in [0.1, 0.15) is 6.10 Å². The number of aromatic nitrogens is 2. The van der Waals surface area contributed by atoms with Gasteiger partial charge in [0.25, 0.3) is 8.32 Å². The average molecular weight is 653 g/mol. The van der Waals surface area contributed by atoms with E-state index in [1.54, 1.807) is 6.92 Å². The van der Waals surface area contributed by atoms with Gasteiger partial charge in [0.15, 0.2) is 0 Å². The predicted molar refractivity (Wildman–Crippen MR) is 193 cm³/mol. The first-order chi connectivity index (χ1) is 22.4. The quantitative estimate of drug-likeness (QED) is 0.133. The molecule has 47 heavy (non-hydrogen) atoms. The Morgan fingerprint density at radius 2 is 1.62 bits per heavy atom. The Hall–Kier alpha value is -2.96. The topological polar surface area (TPSA) is 53.4 Å². The van der Waals surface area contributed by atoms with Crippen LogP contribution in [0.25, 0.3) is 0 Å². The third-order valence-corrected chi connectivity index (χ3v) is 17.9. The second-order valence-corrected chi connectivity index (χ2v) is 20.6. The van der Waals surface area contributed by atoms with Crippen molar-refractivity contribution in [2.45, 2.75) is 117 Å². The Morgan fingerprint density at radius 1 is 0.957 bits per heavy atom. The molecule has 3 aliphatic rings. The molecule has 0 N–H and O–H groups in total. The van der Waals surface area contributed by atoms with Gasteiger partial charge in [-0.15, -0.1) is 0 Å². The van der Waals surface area contributed by atoms with Crippen LogP contribution in [0.5, 0.6) is 0 Å². The lowest BCUT2D eigenvalue weighted by Crippen LogP contribution is -2.68. The molecule has 0 aliphatic heterocycles. The molecular weight excluding hydrogens is 597 g/mol. The fraction of sp³-hybridized carbons (Fsp3) is 0.561. The molecule has 2 aromatic carbocycles. The van der Waals surface area contributed by atoms with Crippen molar-refractivity contribution in [1.29, 1.82) is 0 Å². The molecule has 0 radical (unpaired) electrons. The maximum atomic E-state index is 12.7. The van der Waals surface area contributed by atoms with Gasteiger partial charge in [0.05, 0.1) is 0 Å². The molecule has 4 unspecified atom stereocenters. The summed E-state index contributed by atoms with van der Waals surface area (Å²) in [5.41, 5.74) is 1.42. The Balaban J connectivity index is 1.36. The zero-order valence-electron chi connectivity index (χ0n) is 29.6. The number of nitrogens with zero attached hydrogens (tertiary/aromatic N) is 2. The Bertz CT molecular complexity index is 1480. The number of aryl methyl sites for hydroxylation is 1. The Kier molecular flexibility index (Phi) is 9.49. The van der Waals surface area contributed by atoms with Gasteiger partial charge in [-0.2, -0.15) is 5.10 Å². The van der Waals surface area contributed by atoms with Gasteiger partial charge in [-0.3, -0.25) is 9.48 Å². The highest BCUT2D eigenvalue weighted by Gasteiger charge is 2.59. The smallest absolute Gasteiger partial charge is 0.302 e. The molecule has 3 aliphatic carbocycles. The van der Waals surface area contributed by atoms with Crippen molar-refractivity contribution in [3.63, 3.8) is 0 Å². The van der Waals surface area contributed by atoms with Crippen molar-refractivity contribution in [1.82, 2.24) is 9.78 Å². The van der Waals surface area contributed by atoms with E-state index in [1.165, 1.54) is 15.9 Å². The summed E-state index contributed by atoms with van der Waals surface area (Å²) >= 11 is 0. The highest BCUT2D eigenvalue weighted by molar-refractivity contribution is 6.99. The molecule has 0 bridgehead atoms. The normalized spacial score (nSPS) is 31.4. The summed E-state index contributed by atoms with van der Waals surface area (Å²) in [5.74, 6) is 0.905. The minimum absolute atomic E-state index is 0.0177. The molecule has 1 aromatic heterocycles. The Labute approximate surface area is 284 Å². The van der Waals surface area contributed by atoms with E-state index in [9.17, 15) is 4.79 Å². The molecule has 3 saturated carbocycles. The number of esters is 1. The minimum atomic E-state index is -2.70. The van der Waals surface area contributed by atoms with Crippen LogP contribution in [0.2, 0.25) is 5.04 Å². The van der Waals surface area contributed by atoms with E-state index in [-0.39, 0.29) is 34.0 Å². The van der Waals surface area contributed by atoms with Gasteiger partial charge in [0, 0.05) is 43.8 Å². The van der Waals surface area contributed by atoms with Gasteiger partial charge in [-0.1, -0.05) is 107 Å². The highest BCUT2D eigenvalue weighted by Crippen LogP contribution is 2.62. The van der Waals surface area contributed by atoms with Crippen LogP contribution < -0.4 is 10.4 Å². The predicted octanol–water partition coefficient (Wildman–Crippen LogP) is 8.34. The molecule has 6 heteroatoms. The Morgan fingerprint density at radius 3 is 2.19 bits per heavy atom. The lowest BCUT2D eigenvalue weighted by molar-refractivity contribution is -0.173. The van der Waals surface area contributed by atoms with Gasteiger partial charge >= 0.3 is 5.97 Å². The number of hydrogen-bond donors (Lipinski definition) is 0. The second kappa shape index (κ2) is 13.2. The van der Waals surface area contributed by atoms with E-state index in [0.717, 1.165) is 57.9 Å². The van der Waals surface area contributed by atoms with Gasteiger partial charge < -0.3 is 9.16 Å². The van der Waals surface area contributed by atoms with Crippen LogP contribution in [-0.4, -0.2) is 36.3 Å². The van der Waals surface area contributed by atoms with Crippen LogP contribution in [0.15, 0.2) is 91.3 Å². The molecule has 0 spiro atoms. The fourth-order valence-electron chi connectivity index (χ4n) is 10.1. The van der Waals surface area contributed by atoms with Crippen molar-refractivity contribution in [3.8, 4) is 0 Å². The van der Waals surface area contributed by atoms with Gasteiger partial charge in [-0.05, 0) is 89.6 Å². The first kappa shape index (κ1) is 33.9. The number of hydrogen-bond acceptors (Lipinski definition) is 4. The summed E-state index contributed by atoms with van der Waals surface area (Å²) in [5, 5.41) is 7.18. The fourth-order valence-corrected chi connectivity index (χ4v) is 14.9. The summed E-state index contributed by atoms with van der Waals surface area (Å²) in [7, 11) is -2.70. The molecule has 0 saturated heterocycles. The summed E-state index contributed by atoms with van der Waals surface area (Å²) in [6.45, 7) is 19.0. The number of carbonyl (C=O) groups excluding carboxylic acids is 1. The van der Waals surface area contributed by atoms with E-state index >= 15 is 0 Å². The first-order valence-electron chi connectivity index (χ1n) is 18.0. The minimum Gasteiger partial charge on any atom is -0.462 e. The summed E-state index contributed by atoms with van der Waals surface area (Å²) in [4.78, 5) is 12.7. The van der Waals surface area contributed by atoms with Crippen LogP contribution in [0, 0.1) is 28.6 Å². The van der Waals surface area contributed by atoms with Crippen molar-refractivity contribution >= 4 is 24.7 Å². The summed E-state index contributed by atoms with van der Waals surface area (Å²) < 4.78 is 16.2. The average Bonchev–Trinajstić information content (AvgIpc) is 3.67. The molecule has 3 fully saturated rings. The zero-order chi connectivity index (χ0) is 33.5. The zero-order valence-corrected chi connectivity index (χ0v) is 30.6. The number of allylic oxidation sites excluding steroid dienone is 1. The number of ether oxygens (including phenoxy) is 1. The molecule has 1 heterocycles. The third kappa shape index (κ3) is 6.21. The van der Waals surface area contributed by atoms with Crippen LogP contribution in [0.3, 0.4) is 0 Å². The van der Waals surface area contributed by atoms with E-state index in [2.05, 4.69) is 118 Å². The molecule has 5 nitrogen and oxygen atoms in total. The van der Waals surface area contributed by atoms with Crippen molar-refractivity contribution in [2.24, 2.45) is 28.6 Å². The maximum Gasteiger partial charge on any atom is 0.302 e. The summed E-state index contributed by atoms with van der Waals surface area (Å²) in [6.07, 6.45) is 12.4. The van der Waals surface area contributed by atoms with Crippen molar-refractivity contribution in [3.05, 3.63) is 91.3 Å². The monoisotopic (exact) mass is 652 g/mol. The molecule has 3 aromatic rings. The largest absolute Gasteiger partial charge is 0.462 e. The van der Waals surface area contributed by atoms with E-state index in [4.69, 9.17) is 9.16 Å². The number of benzene rings is 2. The van der Waals surface area contributed by atoms with E-state index < -0.39 is 8.32 Å². The third-order valence-electron chi connectivity index (χ3n) is 12.8. The van der Waals surface area contributed by atoms with E-state index in [0.29, 0.717) is 17.8 Å². The molecule has 6 rings (SSSR count). The summed E-state index contributed by atoms with van der Waals surface area (Å²) in [6, 6.07) is 24.1. The number of rotatable bonds is 9. The first-order valence-corrected chi connectivity index (χ1v) is 19.9. The van der Waals surface area contributed by atoms with Crippen molar-refractivity contribution in [2.75, 3.05) is 0 Å². The molecule has 252 valence electrons. The number of carbonyl (C=O) groups is 1. The van der Waals surface area contributed by atoms with Gasteiger partial charge in [-0.25, -0.2) is 0 Å². The molecule has 0 amide bonds. The van der Waals surface area contributed by atoms with Gasteiger partial charge in [0.2, 0.25) is 0 Å².